The molecule has 10 nitrogen and oxygen atoms in total. The molecule has 0 spiro atoms. The van der Waals surface area contributed by atoms with Crippen molar-refractivity contribution in [3.05, 3.63) is 41.9 Å². The van der Waals surface area contributed by atoms with Crippen molar-refractivity contribution >= 4 is 28.9 Å². The summed E-state index contributed by atoms with van der Waals surface area (Å²) in [6.45, 7) is 0.840. The lowest BCUT2D eigenvalue weighted by Crippen LogP contribution is -2.39. The fourth-order valence-corrected chi connectivity index (χ4v) is 3.89. The summed E-state index contributed by atoms with van der Waals surface area (Å²) in [6, 6.07) is 7.13. The minimum Gasteiger partial charge on any atom is -0.391 e. The van der Waals surface area contributed by atoms with Crippen LogP contribution in [0.2, 0.25) is 0 Å². The van der Waals surface area contributed by atoms with E-state index in [2.05, 4.69) is 37.1 Å². The Hall–Kier alpha value is -3.71. The maximum atomic E-state index is 12.5. The van der Waals surface area contributed by atoms with Gasteiger partial charge in [0.05, 0.1) is 29.6 Å². The zero-order valence-corrected chi connectivity index (χ0v) is 17.5. The first-order valence-electron chi connectivity index (χ1n) is 10.9. The number of fused-ring (bicyclic) bond motifs is 1. The quantitative estimate of drug-likeness (QED) is 0.445. The monoisotopic (exact) mass is 432 g/mol. The maximum Gasteiger partial charge on any atom is 0.253 e. The predicted octanol–water partition coefficient (Wildman–Crippen LogP) is 2.20. The molecule has 5 rings (SSSR count). The highest BCUT2D eigenvalue weighted by Gasteiger charge is 2.27. The molecule has 3 aromatic heterocycles. The van der Waals surface area contributed by atoms with Crippen molar-refractivity contribution in [2.45, 2.75) is 44.2 Å². The van der Waals surface area contributed by atoms with E-state index in [-0.39, 0.29) is 11.9 Å². The summed E-state index contributed by atoms with van der Waals surface area (Å²) < 4.78 is 1.51. The molecule has 2 aliphatic rings. The van der Waals surface area contributed by atoms with E-state index >= 15 is 0 Å². The van der Waals surface area contributed by atoms with Gasteiger partial charge >= 0.3 is 0 Å². The number of nitrogens with zero attached hydrogens (tertiary/aromatic N) is 5. The Morgan fingerprint density at radius 3 is 2.75 bits per heavy atom. The highest BCUT2D eigenvalue weighted by atomic mass is 16.3. The predicted molar refractivity (Wildman–Crippen MR) is 118 cm³/mol. The van der Waals surface area contributed by atoms with E-state index in [9.17, 15) is 15.2 Å². The fourth-order valence-electron chi connectivity index (χ4n) is 3.89. The number of nitrogens with one attached hydrogen (secondary N) is 3. The number of aliphatic hydroxyl groups excluding tert-OH is 1. The molecule has 2 atom stereocenters. The van der Waals surface area contributed by atoms with Gasteiger partial charge in [0.25, 0.3) is 5.91 Å². The number of nitriles is 1. The van der Waals surface area contributed by atoms with Gasteiger partial charge in [0, 0.05) is 18.8 Å². The molecule has 0 saturated heterocycles. The molecule has 3 heterocycles. The van der Waals surface area contributed by atoms with Gasteiger partial charge < -0.3 is 21.1 Å². The van der Waals surface area contributed by atoms with Gasteiger partial charge in [0.2, 0.25) is 0 Å². The Kier molecular flexibility index (Phi) is 5.33. The van der Waals surface area contributed by atoms with Gasteiger partial charge in [-0.15, -0.1) is 5.10 Å². The molecule has 4 N–H and O–H groups in total. The van der Waals surface area contributed by atoms with Crippen LogP contribution in [0.5, 0.6) is 0 Å². The number of rotatable bonds is 7. The molecule has 1 amide bonds. The van der Waals surface area contributed by atoms with Gasteiger partial charge in [-0.25, -0.2) is 9.97 Å². The van der Waals surface area contributed by atoms with Crippen LogP contribution in [-0.2, 0) is 0 Å². The van der Waals surface area contributed by atoms with Gasteiger partial charge in [-0.05, 0) is 50.2 Å². The summed E-state index contributed by atoms with van der Waals surface area (Å²) in [5.41, 5.74) is 1.93. The zero-order chi connectivity index (χ0) is 22.1. The van der Waals surface area contributed by atoms with Crippen molar-refractivity contribution in [2.75, 3.05) is 17.2 Å². The van der Waals surface area contributed by atoms with Crippen molar-refractivity contribution in [3.63, 3.8) is 0 Å². The second-order valence-corrected chi connectivity index (χ2v) is 8.39. The van der Waals surface area contributed by atoms with E-state index in [0.717, 1.165) is 19.4 Å². The van der Waals surface area contributed by atoms with E-state index in [1.165, 1.54) is 29.8 Å². The molecular weight excluding hydrogens is 408 g/mol. The van der Waals surface area contributed by atoms with Gasteiger partial charge in [0.1, 0.15) is 17.7 Å². The number of amides is 1. The van der Waals surface area contributed by atoms with Gasteiger partial charge in [-0.3, -0.25) is 4.79 Å². The van der Waals surface area contributed by atoms with Crippen molar-refractivity contribution in [1.82, 2.24) is 24.9 Å². The second kappa shape index (κ2) is 8.43. The summed E-state index contributed by atoms with van der Waals surface area (Å²) in [4.78, 5) is 21.1. The first kappa shape index (κ1) is 20.2. The number of pyridine rings is 1. The van der Waals surface area contributed by atoms with E-state index < -0.39 is 6.10 Å². The number of carbonyl (C=O) groups is 1. The van der Waals surface area contributed by atoms with E-state index in [1.807, 2.05) is 6.07 Å². The van der Waals surface area contributed by atoms with Gasteiger partial charge in [0.15, 0.2) is 11.3 Å². The molecule has 0 aromatic carbocycles. The zero-order valence-electron chi connectivity index (χ0n) is 17.5. The van der Waals surface area contributed by atoms with E-state index in [4.69, 9.17) is 0 Å². The molecule has 0 aliphatic heterocycles. The van der Waals surface area contributed by atoms with Crippen LogP contribution in [0, 0.1) is 17.2 Å². The van der Waals surface area contributed by atoms with Gasteiger partial charge in [-0.2, -0.15) is 9.78 Å². The number of hydrogen-bond acceptors (Lipinski definition) is 8. The Morgan fingerprint density at radius 2 is 2.06 bits per heavy atom. The molecule has 32 heavy (non-hydrogen) atoms. The van der Waals surface area contributed by atoms with Crippen molar-refractivity contribution in [3.8, 4) is 6.07 Å². The minimum atomic E-state index is -0.488. The number of hydrogen-bond donors (Lipinski definition) is 4. The molecule has 3 aromatic rings. The lowest BCUT2D eigenvalue weighted by molar-refractivity contribution is 0.0873. The summed E-state index contributed by atoms with van der Waals surface area (Å²) in [5.74, 6) is 1.60. The third kappa shape index (κ3) is 4.20. The topological polar surface area (TPSA) is 140 Å². The maximum absolute atomic E-state index is 12.5. The lowest BCUT2D eigenvalue weighted by Gasteiger charge is -2.16. The third-order valence-corrected chi connectivity index (χ3v) is 5.94. The average Bonchev–Trinajstić information content (AvgIpc) is 3.41. The van der Waals surface area contributed by atoms with Crippen LogP contribution in [0.15, 0.2) is 30.6 Å². The molecule has 2 saturated carbocycles. The van der Waals surface area contributed by atoms with Crippen LogP contribution < -0.4 is 16.0 Å². The minimum absolute atomic E-state index is 0.207. The summed E-state index contributed by atoms with van der Waals surface area (Å²) in [5, 5.41) is 33.2. The van der Waals surface area contributed by atoms with Crippen LogP contribution in [-0.4, -0.2) is 49.3 Å². The Bertz CT molecular complexity index is 1180. The molecule has 10 heteroatoms. The fraction of sp³-hybridized carbons (Fsp3) is 0.409. The number of aromatic nitrogens is 4. The van der Waals surface area contributed by atoms with E-state index in [0.29, 0.717) is 46.6 Å². The number of anilines is 3. The van der Waals surface area contributed by atoms with Crippen LogP contribution >= 0.6 is 0 Å². The summed E-state index contributed by atoms with van der Waals surface area (Å²) in [6.07, 6.45) is 7.34. The lowest BCUT2D eigenvalue weighted by atomic mass is 10.2. The molecular formula is C22H24N8O2. The second-order valence-electron chi connectivity index (χ2n) is 8.39. The molecule has 2 fully saturated rings. The van der Waals surface area contributed by atoms with Crippen LogP contribution in [0.25, 0.3) is 5.65 Å². The Labute approximate surface area is 184 Å². The van der Waals surface area contributed by atoms with Crippen LogP contribution in [0.4, 0.5) is 17.3 Å². The number of imidazole rings is 1. The summed E-state index contributed by atoms with van der Waals surface area (Å²) in [7, 11) is 0. The number of carbonyl (C=O) groups excluding carboxylic acids is 1. The standard InChI is InChI=1S/C22H24N8O2/c23-9-15-12-26-21-17(8-20(29-30(15)21)24-10-13-4-5-13)27-19-7-6-14(11-25-19)22(32)28-16-2-1-3-18(16)31/h6-8,11-13,16,18,31H,1-5,10H2,(H,24,29)(H,25,27)(H,28,32)/t16-,18+/m1/s1. The highest BCUT2D eigenvalue weighted by molar-refractivity contribution is 5.94. The normalized spacial score (nSPS) is 20.1. The SMILES string of the molecule is N#Cc1cnc2c(Nc3ccc(C(=O)N[C@@H]4CCC[C@@H]4O)cn3)cc(NCC3CC3)nn12. The largest absolute Gasteiger partial charge is 0.391 e. The Morgan fingerprint density at radius 1 is 1.19 bits per heavy atom. The van der Waals surface area contributed by atoms with Crippen LogP contribution in [0.1, 0.15) is 48.2 Å². The average molecular weight is 432 g/mol. The highest BCUT2D eigenvalue weighted by Crippen LogP contribution is 2.29. The van der Waals surface area contributed by atoms with Crippen LogP contribution in [0.3, 0.4) is 0 Å². The van der Waals surface area contributed by atoms with Crippen molar-refractivity contribution < 1.29 is 9.90 Å². The first-order valence-corrected chi connectivity index (χ1v) is 10.9. The third-order valence-electron chi connectivity index (χ3n) is 5.94. The smallest absolute Gasteiger partial charge is 0.253 e. The first-order chi connectivity index (χ1) is 15.6. The van der Waals surface area contributed by atoms with Crippen molar-refractivity contribution in [2.24, 2.45) is 5.92 Å². The van der Waals surface area contributed by atoms with E-state index in [1.54, 1.807) is 12.1 Å². The molecule has 0 unspecified atom stereocenters. The van der Waals surface area contributed by atoms with Gasteiger partial charge in [-0.1, -0.05) is 0 Å². The molecule has 0 radical (unpaired) electrons. The molecule has 164 valence electrons. The van der Waals surface area contributed by atoms with Crippen molar-refractivity contribution in [1.29, 1.82) is 5.26 Å². The molecule has 0 bridgehead atoms. The Balaban J connectivity index is 1.34. The summed E-state index contributed by atoms with van der Waals surface area (Å²) >= 11 is 0. The molecule has 2 aliphatic carbocycles. The number of aliphatic hydroxyl groups is 1.